The summed E-state index contributed by atoms with van der Waals surface area (Å²) in [6, 6.07) is 4.50. The van der Waals surface area contributed by atoms with Crippen molar-refractivity contribution >= 4 is 23.7 Å². The van der Waals surface area contributed by atoms with Crippen molar-refractivity contribution in [2.75, 3.05) is 6.61 Å². The van der Waals surface area contributed by atoms with Crippen molar-refractivity contribution in [1.82, 2.24) is 10.2 Å². The number of hydrogen-bond acceptors (Lipinski definition) is 5. The van der Waals surface area contributed by atoms with Crippen LogP contribution in [0.15, 0.2) is 24.3 Å². The molecule has 1 aliphatic heterocycles. The second kappa shape index (κ2) is 6.60. The van der Waals surface area contributed by atoms with Gasteiger partial charge in [0.15, 0.2) is 0 Å². The molecular weight excluding hydrogens is 300 g/mol. The topological polar surface area (TPSA) is 92.8 Å². The molecule has 0 fully saturated rings. The lowest BCUT2D eigenvalue weighted by molar-refractivity contribution is -0.147. The summed E-state index contributed by atoms with van der Waals surface area (Å²) in [5, 5.41) is 2.45. The highest BCUT2D eigenvalue weighted by Crippen LogP contribution is 2.24. The highest BCUT2D eigenvalue weighted by molar-refractivity contribution is 6.22. The standard InChI is InChI=1S/C16H18N2O5/c1-4-23-16(22)9(2)17-13(19)10(3)18-14(20)11-7-5-6-8-12(11)15(18)21/h5-10H,4H2,1-3H3,(H,17,19). The van der Waals surface area contributed by atoms with Crippen LogP contribution in [0.25, 0.3) is 0 Å². The molecule has 23 heavy (non-hydrogen) atoms. The predicted octanol–water partition coefficient (Wildman–Crippen LogP) is 0.739. The quantitative estimate of drug-likeness (QED) is 0.638. The molecule has 0 saturated heterocycles. The van der Waals surface area contributed by atoms with Gasteiger partial charge in [0.1, 0.15) is 12.1 Å². The summed E-state index contributed by atoms with van der Waals surface area (Å²) < 4.78 is 4.80. The molecule has 122 valence electrons. The van der Waals surface area contributed by atoms with Crippen molar-refractivity contribution in [3.05, 3.63) is 35.4 Å². The predicted molar refractivity (Wildman–Crippen MR) is 80.6 cm³/mol. The van der Waals surface area contributed by atoms with E-state index in [2.05, 4.69) is 5.32 Å². The first-order valence-electron chi connectivity index (χ1n) is 7.32. The lowest BCUT2D eigenvalue weighted by atomic mass is 10.1. The first kappa shape index (κ1) is 16.7. The van der Waals surface area contributed by atoms with Crippen molar-refractivity contribution in [3.63, 3.8) is 0 Å². The minimum atomic E-state index is -1.03. The second-order valence-electron chi connectivity index (χ2n) is 5.18. The summed E-state index contributed by atoms with van der Waals surface area (Å²) in [4.78, 5) is 49.3. The zero-order valence-electron chi connectivity index (χ0n) is 13.2. The van der Waals surface area contributed by atoms with E-state index >= 15 is 0 Å². The minimum absolute atomic E-state index is 0.201. The highest BCUT2D eigenvalue weighted by Gasteiger charge is 2.41. The Kier molecular flexibility index (Phi) is 4.78. The van der Waals surface area contributed by atoms with Gasteiger partial charge >= 0.3 is 5.97 Å². The van der Waals surface area contributed by atoms with Crippen LogP contribution in [0.2, 0.25) is 0 Å². The van der Waals surface area contributed by atoms with E-state index in [-0.39, 0.29) is 17.7 Å². The van der Waals surface area contributed by atoms with E-state index in [1.54, 1.807) is 31.2 Å². The molecule has 2 unspecified atom stereocenters. The SMILES string of the molecule is CCOC(=O)C(C)NC(=O)C(C)N1C(=O)c2ccccc2C1=O. The molecular formula is C16H18N2O5. The number of esters is 1. The summed E-state index contributed by atoms with van der Waals surface area (Å²) in [6.45, 7) is 4.78. The van der Waals surface area contributed by atoms with Crippen LogP contribution in [0.1, 0.15) is 41.5 Å². The molecule has 1 heterocycles. The van der Waals surface area contributed by atoms with Crippen LogP contribution >= 0.6 is 0 Å². The number of nitrogens with one attached hydrogen (secondary N) is 1. The summed E-state index contributed by atoms with van der Waals surface area (Å²) in [5.41, 5.74) is 0.547. The Labute approximate surface area is 133 Å². The molecule has 2 rings (SSSR count). The maximum Gasteiger partial charge on any atom is 0.328 e. The van der Waals surface area contributed by atoms with E-state index in [4.69, 9.17) is 4.74 Å². The number of benzene rings is 1. The maximum atomic E-state index is 12.3. The Morgan fingerprint density at radius 3 is 2.13 bits per heavy atom. The van der Waals surface area contributed by atoms with Gasteiger partial charge in [0.05, 0.1) is 17.7 Å². The zero-order chi connectivity index (χ0) is 17.1. The van der Waals surface area contributed by atoms with Crippen LogP contribution in [0.3, 0.4) is 0 Å². The number of carbonyl (C=O) groups is 4. The highest BCUT2D eigenvalue weighted by atomic mass is 16.5. The van der Waals surface area contributed by atoms with E-state index in [1.807, 2.05) is 0 Å². The second-order valence-corrected chi connectivity index (χ2v) is 5.18. The number of fused-ring (bicyclic) bond motifs is 1. The molecule has 7 heteroatoms. The van der Waals surface area contributed by atoms with Crippen molar-refractivity contribution in [3.8, 4) is 0 Å². The Hall–Kier alpha value is -2.70. The van der Waals surface area contributed by atoms with Crippen molar-refractivity contribution < 1.29 is 23.9 Å². The van der Waals surface area contributed by atoms with Gasteiger partial charge in [-0.15, -0.1) is 0 Å². The molecule has 0 aromatic heterocycles. The molecule has 1 aromatic rings. The van der Waals surface area contributed by atoms with Gasteiger partial charge in [0.2, 0.25) is 5.91 Å². The Balaban J connectivity index is 2.11. The van der Waals surface area contributed by atoms with Gasteiger partial charge in [-0.2, -0.15) is 0 Å². The summed E-state index contributed by atoms with van der Waals surface area (Å²) >= 11 is 0. The smallest absolute Gasteiger partial charge is 0.328 e. The number of amides is 3. The van der Waals surface area contributed by atoms with Crippen LogP contribution in [0.4, 0.5) is 0 Å². The van der Waals surface area contributed by atoms with Gasteiger partial charge in [-0.05, 0) is 32.9 Å². The van der Waals surface area contributed by atoms with Crippen LogP contribution < -0.4 is 5.32 Å². The molecule has 7 nitrogen and oxygen atoms in total. The van der Waals surface area contributed by atoms with E-state index in [1.165, 1.54) is 13.8 Å². The fourth-order valence-corrected chi connectivity index (χ4v) is 2.34. The lowest BCUT2D eigenvalue weighted by Gasteiger charge is -2.23. The van der Waals surface area contributed by atoms with Crippen LogP contribution in [0, 0.1) is 0 Å². The van der Waals surface area contributed by atoms with Crippen LogP contribution in [-0.4, -0.2) is 47.3 Å². The fraction of sp³-hybridized carbons (Fsp3) is 0.375. The third-order valence-corrected chi connectivity index (χ3v) is 3.59. The monoisotopic (exact) mass is 318 g/mol. The van der Waals surface area contributed by atoms with Crippen molar-refractivity contribution in [2.45, 2.75) is 32.9 Å². The Morgan fingerprint density at radius 2 is 1.65 bits per heavy atom. The molecule has 1 aromatic carbocycles. The third-order valence-electron chi connectivity index (χ3n) is 3.59. The number of hydrogen-bond donors (Lipinski definition) is 1. The third kappa shape index (κ3) is 3.08. The average Bonchev–Trinajstić information content (AvgIpc) is 2.78. The molecule has 2 atom stereocenters. The molecule has 0 spiro atoms. The number of rotatable bonds is 5. The van der Waals surface area contributed by atoms with Gasteiger partial charge in [-0.25, -0.2) is 4.79 Å². The van der Waals surface area contributed by atoms with Crippen LogP contribution in [-0.2, 0) is 14.3 Å². The number of imide groups is 1. The Bertz CT molecular complexity index is 635. The van der Waals surface area contributed by atoms with Gasteiger partial charge in [0.25, 0.3) is 11.8 Å². The lowest BCUT2D eigenvalue weighted by Crippen LogP contribution is -2.51. The van der Waals surface area contributed by atoms with Gasteiger partial charge in [-0.1, -0.05) is 12.1 Å². The van der Waals surface area contributed by atoms with Crippen molar-refractivity contribution in [1.29, 1.82) is 0 Å². The average molecular weight is 318 g/mol. The molecule has 0 aliphatic carbocycles. The van der Waals surface area contributed by atoms with Crippen LogP contribution in [0.5, 0.6) is 0 Å². The van der Waals surface area contributed by atoms with Crippen molar-refractivity contribution in [2.24, 2.45) is 0 Å². The maximum absolute atomic E-state index is 12.3. The molecule has 1 N–H and O–H groups in total. The number of carbonyl (C=O) groups excluding carboxylic acids is 4. The molecule has 3 amide bonds. The fourth-order valence-electron chi connectivity index (χ4n) is 2.34. The van der Waals surface area contributed by atoms with Gasteiger partial charge in [0, 0.05) is 0 Å². The molecule has 0 saturated carbocycles. The first-order valence-corrected chi connectivity index (χ1v) is 7.32. The van der Waals surface area contributed by atoms with E-state index < -0.39 is 35.8 Å². The molecule has 0 radical (unpaired) electrons. The van der Waals surface area contributed by atoms with E-state index in [0.29, 0.717) is 0 Å². The summed E-state index contributed by atoms with van der Waals surface area (Å²) in [6.07, 6.45) is 0. The largest absolute Gasteiger partial charge is 0.464 e. The number of nitrogens with zero attached hydrogens (tertiary/aromatic N) is 1. The van der Waals surface area contributed by atoms with Gasteiger partial charge < -0.3 is 10.1 Å². The Morgan fingerprint density at radius 1 is 1.13 bits per heavy atom. The summed E-state index contributed by atoms with van der Waals surface area (Å²) in [7, 11) is 0. The van der Waals surface area contributed by atoms with E-state index in [0.717, 1.165) is 4.90 Å². The minimum Gasteiger partial charge on any atom is -0.464 e. The molecule has 0 bridgehead atoms. The zero-order valence-corrected chi connectivity index (χ0v) is 13.2. The number of ether oxygens (including phenoxy) is 1. The van der Waals surface area contributed by atoms with E-state index in [9.17, 15) is 19.2 Å². The normalized spacial score (nSPS) is 15.9. The van der Waals surface area contributed by atoms with Gasteiger partial charge in [-0.3, -0.25) is 19.3 Å². The first-order chi connectivity index (χ1) is 10.9. The summed E-state index contributed by atoms with van der Waals surface area (Å²) in [5.74, 6) is -2.20. The molecule has 1 aliphatic rings.